The fourth-order valence-electron chi connectivity index (χ4n) is 4.37. The Kier molecular flexibility index (Phi) is 7.97. The number of hydrogen-bond donors (Lipinski definition) is 1. The predicted octanol–water partition coefficient (Wildman–Crippen LogP) is 5.38. The standard InChI is InChI=1S/C27H24Cl2N4O4S/c1-36-22-11-16(9-10-21(22)37-14-18-19(28)6-4-7-20(18)29)12-31-32-24(34)13-33-15-30-26-25(27(33)35)17-5-2-3-8-23(17)38-26/h4,6-7,9-12,15H,2-3,5,8,13-14H2,1H3,(H,32,34)/b31-12-. The van der Waals surface area contributed by atoms with Gasteiger partial charge in [0.25, 0.3) is 11.5 Å². The Morgan fingerprint density at radius 2 is 1.97 bits per heavy atom. The van der Waals surface area contributed by atoms with Crippen LogP contribution in [0, 0.1) is 0 Å². The number of ether oxygens (including phenoxy) is 2. The number of nitrogens with one attached hydrogen (secondary N) is 1. The summed E-state index contributed by atoms with van der Waals surface area (Å²) in [7, 11) is 1.53. The third-order valence-corrected chi connectivity index (χ3v) is 8.19. The number of benzene rings is 2. The summed E-state index contributed by atoms with van der Waals surface area (Å²) in [6.07, 6.45) is 6.97. The van der Waals surface area contributed by atoms with Crippen molar-refractivity contribution in [1.29, 1.82) is 0 Å². The van der Waals surface area contributed by atoms with Crippen molar-refractivity contribution in [3.8, 4) is 11.5 Å². The zero-order valence-corrected chi connectivity index (χ0v) is 22.8. The molecule has 0 saturated heterocycles. The number of thiophene rings is 1. The molecule has 0 saturated carbocycles. The van der Waals surface area contributed by atoms with Crippen molar-refractivity contribution in [2.24, 2.45) is 5.10 Å². The number of aromatic nitrogens is 2. The molecule has 0 atom stereocenters. The Labute approximate surface area is 232 Å². The van der Waals surface area contributed by atoms with Crippen LogP contribution in [-0.2, 0) is 30.8 Å². The molecule has 8 nitrogen and oxygen atoms in total. The van der Waals surface area contributed by atoms with Gasteiger partial charge in [0.2, 0.25) is 0 Å². The number of halogens is 2. The van der Waals surface area contributed by atoms with E-state index in [-0.39, 0.29) is 18.7 Å². The topological polar surface area (TPSA) is 94.8 Å². The van der Waals surface area contributed by atoms with Crippen LogP contribution in [0.15, 0.2) is 52.6 Å². The van der Waals surface area contributed by atoms with Gasteiger partial charge in [-0.15, -0.1) is 11.3 Å². The van der Waals surface area contributed by atoms with Crippen molar-refractivity contribution in [3.63, 3.8) is 0 Å². The molecule has 0 spiro atoms. The molecule has 0 bridgehead atoms. The summed E-state index contributed by atoms with van der Waals surface area (Å²) in [6, 6.07) is 10.5. The molecule has 1 N–H and O–H groups in total. The van der Waals surface area contributed by atoms with Gasteiger partial charge in [-0.3, -0.25) is 14.2 Å². The number of hydrogen-bond acceptors (Lipinski definition) is 7. The molecule has 0 aliphatic heterocycles. The molecule has 38 heavy (non-hydrogen) atoms. The number of hydrazone groups is 1. The minimum atomic E-state index is -0.433. The van der Waals surface area contributed by atoms with Crippen LogP contribution in [-0.4, -0.2) is 28.8 Å². The summed E-state index contributed by atoms with van der Waals surface area (Å²) >= 11 is 14.0. The highest BCUT2D eigenvalue weighted by Crippen LogP contribution is 2.33. The van der Waals surface area contributed by atoms with Crippen molar-refractivity contribution in [2.45, 2.75) is 38.8 Å². The number of amides is 1. The minimum absolute atomic E-state index is 0.173. The van der Waals surface area contributed by atoms with Gasteiger partial charge in [0.15, 0.2) is 11.5 Å². The number of nitrogens with zero attached hydrogens (tertiary/aromatic N) is 3. The van der Waals surface area contributed by atoms with Crippen LogP contribution < -0.4 is 20.5 Å². The van der Waals surface area contributed by atoms with Gasteiger partial charge in [-0.25, -0.2) is 10.4 Å². The van der Waals surface area contributed by atoms with E-state index < -0.39 is 5.91 Å². The molecule has 1 amide bonds. The fraction of sp³-hybridized carbons (Fsp3) is 0.259. The van der Waals surface area contributed by atoms with E-state index in [2.05, 4.69) is 15.5 Å². The average molecular weight is 571 g/mol. The van der Waals surface area contributed by atoms with Crippen molar-refractivity contribution in [3.05, 3.63) is 84.7 Å². The molecule has 2 aromatic heterocycles. The molecular formula is C27H24Cl2N4O4S. The van der Waals surface area contributed by atoms with E-state index in [1.54, 1.807) is 47.7 Å². The van der Waals surface area contributed by atoms with Crippen LogP contribution in [0.4, 0.5) is 0 Å². The summed E-state index contributed by atoms with van der Waals surface area (Å²) < 4.78 is 12.6. The lowest BCUT2D eigenvalue weighted by Gasteiger charge is -2.13. The monoisotopic (exact) mass is 570 g/mol. The second-order valence-corrected chi connectivity index (χ2v) is 10.7. The molecule has 11 heteroatoms. The van der Waals surface area contributed by atoms with Crippen molar-refractivity contribution < 1.29 is 14.3 Å². The smallest absolute Gasteiger partial charge is 0.262 e. The number of carbonyl (C=O) groups is 1. The first-order valence-electron chi connectivity index (χ1n) is 12.0. The summed E-state index contributed by atoms with van der Waals surface area (Å²) in [5.74, 6) is 0.549. The van der Waals surface area contributed by atoms with Crippen LogP contribution in [0.5, 0.6) is 11.5 Å². The molecule has 0 fully saturated rings. The van der Waals surface area contributed by atoms with Crippen LogP contribution in [0.2, 0.25) is 10.0 Å². The molecule has 5 rings (SSSR count). The third kappa shape index (κ3) is 5.55. The lowest BCUT2D eigenvalue weighted by Crippen LogP contribution is -2.30. The van der Waals surface area contributed by atoms with Gasteiger partial charge in [0, 0.05) is 20.5 Å². The zero-order valence-electron chi connectivity index (χ0n) is 20.5. The molecule has 2 heterocycles. The highest BCUT2D eigenvalue weighted by atomic mass is 35.5. The maximum absolute atomic E-state index is 13.0. The Morgan fingerprint density at radius 3 is 2.76 bits per heavy atom. The molecule has 1 aliphatic rings. The second kappa shape index (κ2) is 11.6. The lowest BCUT2D eigenvalue weighted by atomic mass is 9.97. The van der Waals surface area contributed by atoms with Gasteiger partial charge < -0.3 is 9.47 Å². The maximum Gasteiger partial charge on any atom is 0.262 e. The number of carbonyl (C=O) groups excluding carboxylic acids is 1. The van der Waals surface area contributed by atoms with Gasteiger partial charge in [-0.1, -0.05) is 29.3 Å². The normalized spacial score (nSPS) is 13.0. The summed E-state index contributed by atoms with van der Waals surface area (Å²) in [6.45, 7) is -0.00297. The zero-order chi connectivity index (χ0) is 26.6. The summed E-state index contributed by atoms with van der Waals surface area (Å²) in [4.78, 5) is 31.9. The molecule has 0 unspecified atom stereocenters. The first-order chi connectivity index (χ1) is 18.4. The van der Waals surface area contributed by atoms with Gasteiger partial charge in [0.05, 0.1) is 25.0 Å². The molecular weight excluding hydrogens is 547 g/mol. The lowest BCUT2D eigenvalue weighted by molar-refractivity contribution is -0.121. The Bertz CT molecular complexity index is 1580. The van der Waals surface area contributed by atoms with E-state index in [0.717, 1.165) is 36.1 Å². The number of fused-ring (bicyclic) bond motifs is 3. The van der Waals surface area contributed by atoms with Gasteiger partial charge in [-0.2, -0.15) is 5.10 Å². The van der Waals surface area contributed by atoms with Gasteiger partial charge in [0.1, 0.15) is 18.0 Å². The first kappa shape index (κ1) is 26.2. The average Bonchev–Trinajstić information content (AvgIpc) is 3.30. The Morgan fingerprint density at radius 1 is 1.18 bits per heavy atom. The molecule has 4 aromatic rings. The summed E-state index contributed by atoms with van der Waals surface area (Å²) in [5, 5.41) is 5.70. The van der Waals surface area contributed by atoms with Crippen molar-refractivity contribution in [1.82, 2.24) is 15.0 Å². The molecule has 2 aromatic carbocycles. The van der Waals surface area contributed by atoms with Crippen LogP contribution in [0.3, 0.4) is 0 Å². The largest absolute Gasteiger partial charge is 0.493 e. The minimum Gasteiger partial charge on any atom is -0.493 e. The van der Waals surface area contributed by atoms with E-state index >= 15 is 0 Å². The van der Waals surface area contributed by atoms with E-state index in [1.807, 2.05) is 0 Å². The highest BCUT2D eigenvalue weighted by Gasteiger charge is 2.20. The maximum atomic E-state index is 13.0. The third-order valence-electron chi connectivity index (χ3n) is 6.28. The molecule has 196 valence electrons. The van der Waals surface area contributed by atoms with Gasteiger partial charge >= 0.3 is 0 Å². The van der Waals surface area contributed by atoms with Crippen LogP contribution in [0.1, 0.15) is 34.4 Å². The highest BCUT2D eigenvalue weighted by molar-refractivity contribution is 7.18. The van der Waals surface area contributed by atoms with E-state index in [0.29, 0.717) is 38.1 Å². The number of methoxy groups -OCH3 is 1. The van der Waals surface area contributed by atoms with E-state index in [1.165, 1.54) is 29.1 Å². The predicted molar refractivity (Wildman–Crippen MR) is 150 cm³/mol. The molecule has 0 radical (unpaired) electrons. The Balaban J connectivity index is 1.23. The quantitative estimate of drug-likeness (QED) is 0.226. The summed E-state index contributed by atoms with van der Waals surface area (Å²) in [5.41, 5.74) is 4.73. The van der Waals surface area contributed by atoms with Crippen LogP contribution in [0.25, 0.3) is 10.2 Å². The SMILES string of the molecule is COc1cc(/C=N\NC(=O)Cn2cnc3sc4c(c3c2=O)CCCC4)ccc1OCc1c(Cl)cccc1Cl. The second-order valence-electron chi connectivity index (χ2n) is 8.76. The van der Waals surface area contributed by atoms with Crippen molar-refractivity contribution >= 4 is 56.9 Å². The van der Waals surface area contributed by atoms with Crippen LogP contribution >= 0.6 is 34.5 Å². The number of aryl methyl sites for hydroxylation is 2. The Hall–Kier alpha value is -3.40. The van der Waals surface area contributed by atoms with Gasteiger partial charge in [-0.05, 0) is 67.1 Å². The number of rotatable bonds is 8. The van der Waals surface area contributed by atoms with Crippen molar-refractivity contribution in [2.75, 3.05) is 7.11 Å². The first-order valence-corrected chi connectivity index (χ1v) is 13.6. The van der Waals surface area contributed by atoms with E-state index in [9.17, 15) is 9.59 Å². The van der Waals surface area contributed by atoms with E-state index in [4.69, 9.17) is 32.7 Å². The molecule has 1 aliphatic carbocycles. The fourth-order valence-corrected chi connectivity index (χ4v) is 6.09.